The van der Waals surface area contributed by atoms with Gasteiger partial charge in [-0.3, -0.25) is 9.59 Å². The van der Waals surface area contributed by atoms with E-state index in [0.29, 0.717) is 0 Å². The molecule has 2 aliphatic rings. The fraction of sp³-hybridized carbons (Fsp3) is 0.882. The minimum absolute atomic E-state index is 0.693. The van der Waals surface area contributed by atoms with E-state index >= 15 is 0 Å². The van der Waals surface area contributed by atoms with Crippen molar-refractivity contribution in [2.75, 3.05) is 13.2 Å². The van der Waals surface area contributed by atoms with Crippen molar-refractivity contribution in [3.63, 3.8) is 0 Å². The molecule has 2 saturated heterocycles. The summed E-state index contributed by atoms with van der Waals surface area (Å²) in [5.41, 5.74) is -1.89. The van der Waals surface area contributed by atoms with Gasteiger partial charge in [0, 0.05) is 0 Å². The molecule has 14 heteroatoms. The number of aliphatic hydroxyl groups is 8. The largest absolute Gasteiger partial charge is 0.394 e. The highest BCUT2D eigenvalue weighted by Crippen LogP contribution is 2.24. The Morgan fingerprint density at radius 2 is 1.03 bits per heavy atom. The number of ether oxygens (including phenoxy) is 2. The van der Waals surface area contributed by atoms with Crippen LogP contribution in [0.5, 0.6) is 0 Å². The molecule has 10 atom stereocenters. The van der Waals surface area contributed by atoms with Crippen molar-refractivity contribution in [2.24, 2.45) is 5.41 Å². The Balaban J connectivity index is 2.06. The lowest BCUT2D eigenvalue weighted by atomic mass is 9.88. The topological polar surface area (TPSA) is 238 Å². The first-order valence-corrected chi connectivity index (χ1v) is 9.59. The fourth-order valence-corrected chi connectivity index (χ4v) is 3.27. The molecule has 2 heterocycles. The third kappa shape index (κ3) is 5.14. The maximum absolute atomic E-state index is 12.7. The summed E-state index contributed by atoms with van der Waals surface area (Å²) in [5, 5.41) is 82.6. The van der Waals surface area contributed by atoms with Gasteiger partial charge in [-0.2, -0.15) is 0 Å². The number of aliphatic hydroxyl groups excluding tert-OH is 8. The van der Waals surface area contributed by atoms with Gasteiger partial charge in [-0.15, -0.1) is 0 Å². The quantitative estimate of drug-likeness (QED) is 0.169. The Labute approximate surface area is 177 Å². The molecule has 2 amide bonds. The standard InChI is InChI=1S/C17H30N2O12/c1-17(2,15(28)18-7-11(24)9(22)5(3-20)30-13(7)26)16(29)19-8-12(25)10(23)6(4-21)31-14(8)27/h5-14,20-27H,3-4H2,1-2H3,(H,18,28)(H,19,29)/t5-,6-,7-,8-,9-,10-,11-,12-,13-,14-/m1/s1. The van der Waals surface area contributed by atoms with E-state index in [1.807, 2.05) is 0 Å². The molecular weight excluding hydrogens is 424 g/mol. The Bertz CT molecular complexity index is 597. The summed E-state index contributed by atoms with van der Waals surface area (Å²) in [6.07, 6.45) is -12.8. The maximum atomic E-state index is 12.7. The summed E-state index contributed by atoms with van der Waals surface area (Å²) in [6, 6.07) is -3.06. The van der Waals surface area contributed by atoms with E-state index in [9.17, 15) is 40.2 Å². The van der Waals surface area contributed by atoms with Crippen LogP contribution in [0.1, 0.15) is 13.8 Å². The van der Waals surface area contributed by atoms with Gasteiger partial charge in [0.2, 0.25) is 11.8 Å². The molecule has 180 valence electrons. The summed E-state index contributed by atoms with van der Waals surface area (Å²) >= 11 is 0. The Morgan fingerprint density at radius 3 is 1.32 bits per heavy atom. The highest BCUT2D eigenvalue weighted by molar-refractivity contribution is 6.04. The number of carbonyl (C=O) groups excluding carboxylic acids is 2. The van der Waals surface area contributed by atoms with E-state index in [1.165, 1.54) is 13.8 Å². The number of carbonyl (C=O) groups is 2. The second kappa shape index (κ2) is 9.99. The number of hydrogen-bond donors (Lipinski definition) is 10. The molecule has 0 aromatic heterocycles. The molecule has 2 rings (SSSR count). The number of rotatable bonds is 6. The van der Waals surface area contributed by atoms with E-state index in [0.717, 1.165) is 0 Å². The van der Waals surface area contributed by atoms with Gasteiger partial charge in [0.1, 0.15) is 54.1 Å². The lowest BCUT2D eigenvalue weighted by Gasteiger charge is -2.42. The van der Waals surface area contributed by atoms with E-state index in [2.05, 4.69) is 10.6 Å². The molecule has 0 spiro atoms. The molecule has 2 aliphatic heterocycles. The lowest BCUT2D eigenvalue weighted by molar-refractivity contribution is -0.255. The average Bonchev–Trinajstić information content (AvgIpc) is 2.73. The first-order chi connectivity index (χ1) is 14.4. The van der Waals surface area contributed by atoms with Crippen LogP contribution in [0.25, 0.3) is 0 Å². The van der Waals surface area contributed by atoms with Gasteiger partial charge in [0.05, 0.1) is 13.2 Å². The van der Waals surface area contributed by atoms with Gasteiger partial charge in [0.25, 0.3) is 0 Å². The summed E-state index contributed by atoms with van der Waals surface area (Å²) < 4.78 is 9.87. The third-order valence-electron chi connectivity index (χ3n) is 5.53. The molecule has 0 aromatic carbocycles. The molecule has 31 heavy (non-hydrogen) atoms. The second-order valence-corrected chi connectivity index (χ2v) is 8.08. The van der Waals surface area contributed by atoms with Gasteiger partial charge in [-0.05, 0) is 13.8 Å². The van der Waals surface area contributed by atoms with Crippen molar-refractivity contribution >= 4 is 11.8 Å². The maximum Gasteiger partial charge on any atom is 0.235 e. The molecule has 0 radical (unpaired) electrons. The zero-order valence-corrected chi connectivity index (χ0v) is 16.9. The van der Waals surface area contributed by atoms with Gasteiger partial charge < -0.3 is 61.0 Å². The summed E-state index contributed by atoms with van der Waals surface area (Å²) in [7, 11) is 0. The van der Waals surface area contributed by atoms with Crippen LogP contribution in [0.4, 0.5) is 0 Å². The van der Waals surface area contributed by atoms with Crippen LogP contribution < -0.4 is 10.6 Å². The van der Waals surface area contributed by atoms with Gasteiger partial charge in [0.15, 0.2) is 12.6 Å². The molecule has 14 nitrogen and oxygen atoms in total. The van der Waals surface area contributed by atoms with E-state index in [-0.39, 0.29) is 0 Å². The van der Waals surface area contributed by atoms with Gasteiger partial charge in [-0.25, -0.2) is 0 Å². The van der Waals surface area contributed by atoms with Gasteiger partial charge in [-0.1, -0.05) is 0 Å². The Morgan fingerprint density at radius 1 is 0.710 bits per heavy atom. The summed E-state index contributed by atoms with van der Waals surface area (Å²) in [6.45, 7) is 0.951. The minimum Gasteiger partial charge on any atom is -0.394 e. The number of amides is 2. The molecule has 2 fully saturated rings. The van der Waals surface area contributed by atoms with E-state index < -0.39 is 91.7 Å². The monoisotopic (exact) mass is 454 g/mol. The van der Waals surface area contributed by atoms with Crippen LogP contribution in [0.3, 0.4) is 0 Å². The highest BCUT2D eigenvalue weighted by atomic mass is 16.6. The van der Waals surface area contributed by atoms with Gasteiger partial charge >= 0.3 is 0 Å². The fourth-order valence-electron chi connectivity index (χ4n) is 3.27. The van der Waals surface area contributed by atoms with Crippen molar-refractivity contribution in [3.05, 3.63) is 0 Å². The van der Waals surface area contributed by atoms with Crippen molar-refractivity contribution in [1.29, 1.82) is 0 Å². The predicted molar refractivity (Wildman–Crippen MR) is 97.6 cm³/mol. The second-order valence-electron chi connectivity index (χ2n) is 8.08. The molecule has 0 bridgehead atoms. The first-order valence-electron chi connectivity index (χ1n) is 9.59. The van der Waals surface area contributed by atoms with Crippen LogP contribution in [-0.4, -0.2) is 127 Å². The normalized spacial score (nSPS) is 41.5. The predicted octanol–water partition coefficient (Wildman–Crippen LogP) is -6.16. The number of hydrogen-bond acceptors (Lipinski definition) is 12. The first kappa shape index (κ1) is 25.8. The summed E-state index contributed by atoms with van der Waals surface area (Å²) in [5.74, 6) is -2.03. The Kier molecular flexibility index (Phi) is 8.32. The summed E-state index contributed by atoms with van der Waals surface area (Å²) in [4.78, 5) is 25.3. The number of nitrogens with one attached hydrogen (secondary N) is 2. The minimum atomic E-state index is -1.89. The SMILES string of the molecule is CC(C)(C(=O)N[C@@H]1[C@@H](O)[C@H](O)[C@@H](CO)O[C@H]1O)C(=O)N[C@@H]1[C@@H](O)[C@H](O)[C@@H](CO)O[C@H]1O. The molecule has 10 N–H and O–H groups in total. The molecule has 0 aromatic rings. The zero-order valence-electron chi connectivity index (χ0n) is 16.9. The van der Waals surface area contributed by atoms with E-state index in [1.54, 1.807) is 0 Å². The molecule has 0 aliphatic carbocycles. The van der Waals surface area contributed by atoms with Crippen LogP contribution in [0, 0.1) is 5.41 Å². The average molecular weight is 454 g/mol. The van der Waals surface area contributed by atoms with Crippen LogP contribution in [0.2, 0.25) is 0 Å². The lowest BCUT2D eigenvalue weighted by Crippen LogP contribution is -2.67. The van der Waals surface area contributed by atoms with Crippen LogP contribution in [-0.2, 0) is 19.1 Å². The third-order valence-corrected chi connectivity index (χ3v) is 5.53. The molecular formula is C17H30N2O12. The molecule has 0 unspecified atom stereocenters. The molecule has 0 saturated carbocycles. The van der Waals surface area contributed by atoms with Crippen LogP contribution >= 0.6 is 0 Å². The van der Waals surface area contributed by atoms with Crippen molar-refractivity contribution in [1.82, 2.24) is 10.6 Å². The van der Waals surface area contributed by atoms with Crippen LogP contribution in [0.15, 0.2) is 0 Å². The smallest absolute Gasteiger partial charge is 0.235 e. The van der Waals surface area contributed by atoms with Crippen molar-refractivity contribution in [3.8, 4) is 0 Å². The highest BCUT2D eigenvalue weighted by Gasteiger charge is 2.49. The van der Waals surface area contributed by atoms with Crippen molar-refractivity contribution < 1.29 is 59.9 Å². The Hall–Kier alpha value is -1.46. The zero-order chi connectivity index (χ0) is 23.7. The van der Waals surface area contributed by atoms with Crippen molar-refractivity contribution in [2.45, 2.75) is 75.1 Å². The van der Waals surface area contributed by atoms with E-state index in [4.69, 9.17) is 19.7 Å².